The summed E-state index contributed by atoms with van der Waals surface area (Å²) >= 11 is 0. The van der Waals surface area contributed by atoms with Crippen molar-refractivity contribution in [1.29, 1.82) is 0 Å². The molecule has 1 amide bonds. The van der Waals surface area contributed by atoms with Gasteiger partial charge in [0.15, 0.2) is 5.76 Å². The molecular formula is C14H14F3N3O2. The van der Waals surface area contributed by atoms with Crippen molar-refractivity contribution >= 4 is 11.7 Å². The fourth-order valence-electron chi connectivity index (χ4n) is 1.78. The Morgan fingerprint density at radius 2 is 2.05 bits per heavy atom. The Balaban J connectivity index is 1.86. The summed E-state index contributed by atoms with van der Waals surface area (Å²) in [6, 6.07) is 5.34. The van der Waals surface area contributed by atoms with Crippen LogP contribution in [0.25, 0.3) is 0 Å². The smallest absolute Gasteiger partial charge is 0.419 e. The number of nitrogens with one attached hydrogen (secondary N) is 2. The molecule has 22 heavy (non-hydrogen) atoms. The summed E-state index contributed by atoms with van der Waals surface area (Å²) < 4.78 is 43.4. The van der Waals surface area contributed by atoms with Crippen molar-refractivity contribution in [2.75, 3.05) is 18.4 Å². The Morgan fingerprint density at radius 1 is 1.27 bits per heavy atom. The maximum absolute atomic E-state index is 12.7. The van der Waals surface area contributed by atoms with Crippen LogP contribution in [0.5, 0.6) is 0 Å². The molecule has 118 valence electrons. The lowest BCUT2D eigenvalue weighted by Gasteiger charge is -2.13. The molecular weight excluding hydrogens is 299 g/mol. The standard InChI is InChI=1S/C14H14F3N3O2/c1-9-4-5-11(22-9)13(21)20-8-7-19-12-10(14(15,16)17)3-2-6-18-12/h2-6H,7-8H2,1H3,(H,18,19)(H,20,21). The summed E-state index contributed by atoms with van der Waals surface area (Å²) in [5.74, 6) is 0.0722. The number of pyridine rings is 1. The second-order valence-electron chi connectivity index (χ2n) is 4.49. The second kappa shape index (κ2) is 6.50. The van der Waals surface area contributed by atoms with Crippen LogP contribution in [0.4, 0.5) is 19.0 Å². The minimum atomic E-state index is -4.48. The minimum absolute atomic E-state index is 0.103. The molecule has 5 nitrogen and oxygen atoms in total. The van der Waals surface area contributed by atoms with Gasteiger partial charge in [0.25, 0.3) is 5.91 Å². The predicted molar refractivity (Wildman–Crippen MR) is 73.5 cm³/mol. The van der Waals surface area contributed by atoms with Crippen LogP contribution >= 0.6 is 0 Å². The average Bonchev–Trinajstić information content (AvgIpc) is 2.89. The van der Waals surface area contributed by atoms with Crippen LogP contribution in [0.2, 0.25) is 0 Å². The van der Waals surface area contributed by atoms with Crippen molar-refractivity contribution in [3.8, 4) is 0 Å². The highest BCUT2D eigenvalue weighted by Gasteiger charge is 2.33. The van der Waals surface area contributed by atoms with Crippen molar-refractivity contribution in [1.82, 2.24) is 10.3 Å². The van der Waals surface area contributed by atoms with E-state index in [-0.39, 0.29) is 24.7 Å². The normalized spacial score (nSPS) is 11.3. The summed E-state index contributed by atoms with van der Waals surface area (Å²) in [6.07, 6.45) is -3.21. The molecule has 0 atom stereocenters. The Labute approximate surface area is 124 Å². The Bertz CT molecular complexity index is 653. The molecule has 2 aromatic heterocycles. The van der Waals surface area contributed by atoms with Gasteiger partial charge in [-0.3, -0.25) is 4.79 Å². The van der Waals surface area contributed by atoms with Crippen molar-refractivity contribution in [2.45, 2.75) is 13.1 Å². The molecule has 0 bridgehead atoms. The van der Waals surface area contributed by atoms with Crippen LogP contribution < -0.4 is 10.6 Å². The third-order valence-electron chi connectivity index (χ3n) is 2.78. The van der Waals surface area contributed by atoms with Crippen LogP contribution in [-0.4, -0.2) is 24.0 Å². The first kappa shape index (κ1) is 15.9. The lowest BCUT2D eigenvalue weighted by molar-refractivity contribution is -0.137. The zero-order chi connectivity index (χ0) is 16.2. The van der Waals surface area contributed by atoms with Crippen molar-refractivity contribution in [2.24, 2.45) is 0 Å². The molecule has 2 N–H and O–H groups in total. The monoisotopic (exact) mass is 313 g/mol. The van der Waals surface area contributed by atoms with Crippen LogP contribution in [-0.2, 0) is 6.18 Å². The number of halogens is 3. The van der Waals surface area contributed by atoms with Crippen molar-refractivity contribution in [3.63, 3.8) is 0 Å². The fraction of sp³-hybridized carbons (Fsp3) is 0.286. The molecule has 0 aliphatic heterocycles. The van der Waals surface area contributed by atoms with Crippen LogP contribution in [0, 0.1) is 6.92 Å². The highest BCUT2D eigenvalue weighted by Crippen LogP contribution is 2.33. The molecule has 8 heteroatoms. The van der Waals surface area contributed by atoms with Gasteiger partial charge in [-0.2, -0.15) is 13.2 Å². The maximum Gasteiger partial charge on any atom is 0.419 e. The molecule has 2 aromatic rings. The van der Waals surface area contributed by atoms with Gasteiger partial charge in [-0.15, -0.1) is 0 Å². The van der Waals surface area contributed by atoms with Gasteiger partial charge in [0.1, 0.15) is 11.6 Å². The summed E-state index contributed by atoms with van der Waals surface area (Å²) in [5.41, 5.74) is -0.844. The van der Waals surface area contributed by atoms with Gasteiger partial charge < -0.3 is 15.1 Å². The van der Waals surface area contributed by atoms with Gasteiger partial charge >= 0.3 is 6.18 Å². The molecule has 0 saturated heterocycles. The zero-order valence-electron chi connectivity index (χ0n) is 11.7. The topological polar surface area (TPSA) is 67.2 Å². The Kier molecular flexibility index (Phi) is 4.69. The number of aryl methyl sites for hydroxylation is 1. The Morgan fingerprint density at radius 3 is 2.68 bits per heavy atom. The van der Waals surface area contributed by atoms with Gasteiger partial charge in [-0.05, 0) is 31.2 Å². The molecule has 0 unspecified atom stereocenters. The van der Waals surface area contributed by atoms with E-state index < -0.39 is 17.6 Å². The lowest BCUT2D eigenvalue weighted by Crippen LogP contribution is -2.29. The third-order valence-corrected chi connectivity index (χ3v) is 2.78. The molecule has 0 saturated carbocycles. The summed E-state index contributed by atoms with van der Waals surface area (Å²) in [5, 5.41) is 5.09. The molecule has 0 radical (unpaired) electrons. The van der Waals surface area contributed by atoms with E-state index in [9.17, 15) is 18.0 Å². The molecule has 0 spiro atoms. The van der Waals surface area contributed by atoms with Crippen LogP contribution in [0.1, 0.15) is 21.9 Å². The first-order chi connectivity index (χ1) is 10.4. The van der Waals surface area contributed by atoms with E-state index in [0.29, 0.717) is 5.76 Å². The molecule has 0 aliphatic rings. The van der Waals surface area contributed by atoms with Crippen molar-refractivity contribution in [3.05, 3.63) is 47.5 Å². The number of hydrogen-bond donors (Lipinski definition) is 2. The summed E-state index contributed by atoms with van der Waals surface area (Å²) in [7, 11) is 0. The number of anilines is 1. The number of carbonyl (C=O) groups excluding carboxylic acids is 1. The van der Waals surface area contributed by atoms with Crippen LogP contribution in [0.3, 0.4) is 0 Å². The quantitative estimate of drug-likeness (QED) is 0.833. The number of carbonyl (C=O) groups is 1. The van der Waals surface area contributed by atoms with Gasteiger partial charge in [0, 0.05) is 19.3 Å². The number of furan rings is 1. The number of rotatable bonds is 5. The highest BCUT2D eigenvalue weighted by molar-refractivity contribution is 5.91. The molecule has 2 heterocycles. The zero-order valence-corrected chi connectivity index (χ0v) is 11.7. The number of aromatic nitrogens is 1. The SMILES string of the molecule is Cc1ccc(C(=O)NCCNc2ncccc2C(F)(F)F)o1. The van der Waals surface area contributed by atoms with Gasteiger partial charge in [-0.25, -0.2) is 4.98 Å². The molecule has 0 aromatic carbocycles. The first-order valence-corrected chi connectivity index (χ1v) is 6.48. The number of hydrogen-bond acceptors (Lipinski definition) is 4. The molecule has 0 fully saturated rings. The van der Waals surface area contributed by atoms with Gasteiger partial charge in [-0.1, -0.05) is 0 Å². The summed E-state index contributed by atoms with van der Waals surface area (Å²) in [6.45, 7) is 1.94. The maximum atomic E-state index is 12.7. The lowest BCUT2D eigenvalue weighted by atomic mass is 10.2. The molecule has 2 rings (SSSR count). The second-order valence-corrected chi connectivity index (χ2v) is 4.49. The van der Waals surface area contributed by atoms with Crippen LogP contribution in [0.15, 0.2) is 34.9 Å². The number of nitrogens with zero attached hydrogens (tertiary/aromatic N) is 1. The van der Waals surface area contributed by atoms with Crippen molar-refractivity contribution < 1.29 is 22.4 Å². The number of amides is 1. The van der Waals surface area contributed by atoms with E-state index in [1.54, 1.807) is 13.0 Å². The Hall–Kier alpha value is -2.51. The van der Waals surface area contributed by atoms with E-state index in [4.69, 9.17) is 4.42 Å². The fourth-order valence-corrected chi connectivity index (χ4v) is 1.78. The largest absolute Gasteiger partial charge is 0.456 e. The van der Waals surface area contributed by atoms with Gasteiger partial charge in [0.2, 0.25) is 0 Å². The van der Waals surface area contributed by atoms with E-state index in [1.807, 2.05) is 0 Å². The van der Waals surface area contributed by atoms with E-state index >= 15 is 0 Å². The number of alkyl halides is 3. The summed E-state index contributed by atoms with van der Waals surface area (Å²) in [4.78, 5) is 15.3. The predicted octanol–water partition coefficient (Wildman–Crippen LogP) is 2.84. The highest BCUT2D eigenvalue weighted by atomic mass is 19.4. The van der Waals surface area contributed by atoms with E-state index in [2.05, 4.69) is 15.6 Å². The average molecular weight is 313 g/mol. The van der Waals surface area contributed by atoms with Gasteiger partial charge in [0.05, 0.1) is 5.56 Å². The minimum Gasteiger partial charge on any atom is -0.456 e. The third kappa shape index (κ3) is 4.00. The van der Waals surface area contributed by atoms with E-state index in [0.717, 1.165) is 6.07 Å². The molecule has 0 aliphatic carbocycles. The first-order valence-electron chi connectivity index (χ1n) is 6.48. The van der Waals surface area contributed by atoms with E-state index in [1.165, 1.54) is 18.3 Å².